The summed E-state index contributed by atoms with van der Waals surface area (Å²) in [6.07, 6.45) is 1.29. The first kappa shape index (κ1) is 15.8. The fourth-order valence-corrected chi connectivity index (χ4v) is 3.47. The maximum atomic E-state index is 12.1. The Kier molecular flexibility index (Phi) is 4.50. The van der Waals surface area contributed by atoms with Crippen molar-refractivity contribution in [3.8, 4) is 0 Å². The lowest BCUT2D eigenvalue weighted by Crippen LogP contribution is -2.28. The van der Waals surface area contributed by atoms with Crippen molar-refractivity contribution < 1.29 is 9.59 Å². The van der Waals surface area contributed by atoms with Crippen LogP contribution in [0.2, 0.25) is 4.34 Å². The van der Waals surface area contributed by atoms with Crippen LogP contribution in [0.1, 0.15) is 27.0 Å². The van der Waals surface area contributed by atoms with Gasteiger partial charge in [0.05, 0.1) is 4.34 Å². The Balaban J connectivity index is 1.83. The number of rotatable bonds is 5. The minimum Gasteiger partial charge on any atom is -0.348 e. The van der Waals surface area contributed by atoms with Crippen molar-refractivity contribution in [3.63, 3.8) is 0 Å². The number of amides is 2. The van der Waals surface area contributed by atoms with Gasteiger partial charge in [-0.1, -0.05) is 30.3 Å². The van der Waals surface area contributed by atoms with Crippen LogP contribution in [0.3, 0.4) is 0 Å². The summed E-state index contributed by atoms with van der Waals surface area (Å²) in [5, 5.41) is 4.69. The molecule has 2 aromatic rings. The largest absolute Gasteiger partial charge is 0.348 e. The summed E-state index contributed by atoms with van der Waals surface area (Å²) in [7, 11) is 0. The predicted octanol–water partition coefficient (Wildman–Crippen LogP) is 3.36. The molecule has 1 N–H and O–H groups in total. The Hall–Kier alpha value is -2.11. The lowest BCUT2D eigenvalue weighted by atomic mass is 10.1. The van der Waals surface area contributed by atoms with Crippen LogP contribution < -0.4 is 5.32 Å². The summed E-state index contributed by atoms with van der Waals surface area (Å²) in [5.41, 5.74) is 3.48. The molecule has 0 saturated carbocycles. The van der Waals surface area contributed by atoms with Crippen LogP contribution in [0.5, 0.6) is 0 Å². The Labute approximate surface area is 143 Å². The number of carbonyl (C=O) groups is 2. The first-order valence-electron chi connectivity index (χ1n) is 7.11. The Morgan fingerprint density at radius 2 is 2.22 bits per heavy atom. The van der Waals surface area contributed by atoms with E-state index in [1.165, 1.54) is 17.4 Å². The molecule has 2 amide bonds. The monoisotopic (exact) mass is 346 g/mol. The quantitative estimate of drug-likeness (QED) is 0.844. The molecule has 6 heteroatoms. The van der Waals surface area contributed by atoms with Crippen molar-refractivity contribution in [2.75, 3.05) is 0 Å². The molecule has 0 atom stereocenters. The number of fused-ring (bicyclic) bond motifs is 1. The van der Waals surface area contributed by atoms with Gasteiger partial charge in [0.15, 0.2) is 0 Å². The molecule has 3 rings (SSSR count). The minimum atomic E-state index is -0.169. The van der Waals surface area contributed by atoms with E-state index in [2.05, 4.69) is 11.9 Å². The molecule has 0 radical (unpaired) electrons. The summed E-state index contributed by atoms with van der Waals surface area (Å²) in [6.45, 7) is 4.94. The zero-order valence-corrected chi connectivity index (χ0v) is 13.9. The van der Waals surface area contributed by atoms with Gasteiger partial charge in [-0.05, 0) is 34.7 Å². The van der Waals surface area contributed by atoms with Gasteiger partial charge in [-0.2, -0.15) is 0 Å². The van der Waals surface area contributed by atoms with E-state index in [9.17, 15) is 9.59 Å². The molecule has 1 aliphatic rings. The molecule has 0 unspecified atom stereocenters. The van der Waals surface area contributed by atoms with Crippen molar-refractivity contribution in [1.82, 2.24) is 10.2 Å². The summed E-state index contributed by atoms with van der Waals surface area (Å²) >= 11 is 7.57. The molecule has 0 saturated heterocycles. The number of halogens is 1. The van der Waals surface area contributed by atoms with Crippen LogP contribution >= 0.6 is 22.9 Å². The van der Waals surface area contributed by atoms with E-state index < -0.39 is 0 Å². The lowest BCUT2D eigenvalue weighted by molar-refractivity contribution is -0.127. The van der Waals surface area contributed by atoms with Crippen LogP contribution in [0.15, 0.2) is 42.3 Å². The number of carbonyl (C=O) groups excluding carboxylic acids is 2. The lowest BCUT2D eigenvalue weighted by Gasteiger charge is -2.21. The molecule has 1 aliphatic heterocycles. The van der Waals surface area contributed by atoms with Crippen LogP contribution in [-0.2, 0) is 24.4 Å². The molecule has 118 valence electrons. The molecular weight excluding hydrogens is 332 g/mol. The second-order valence-electron chi connectivity index (χ2n) is 5.29. The highest BCUT2D eigenvalue weighted by atomic mass is 35.5. The van der Waals surface area contributed by atoms with Crippen LogP contribution in [0.4, 0.5) is 0 Å². The highest BCUT2D eigenvalue weighted by Gasteiger charge is 2.20. The van der Waals surface area contributed by atoms with Gasteiger partial charge in [-0.15, -0.1) is 11.3 Å². The van der Waals surface area contributed by atoms with E-state index in [0.717, 1.165) is 16.7 Å². The first-order chi connectivity index (χ1) is 11.1. The SMILES string of the molecule is C=CC(=O)N(Cc1ccc2c(c1)C(=O)NC2)Cc1ccsc1Cl. The predicted molar refractivity (Wildman–Crippen MR) is 91.4 cm³/mol. The summed E-state index contributed by atoms with van der Waals surface area (Å²) < 4.78 is 0.681. The van der Waals surface area contributed by atoms with Crippen molar-refractivity contribution in [3.05, 3.63) is 68.9 Å². The Morgan fingerprint density at radius 1 is 1.39 bits per heavy atom. The number of hydrogen-bond acceptors (Lipinski definition) is 3. The van der Waals surface area contributed by atoms with Crippen LogP contribution in [0, 0.1) is 0 Å². The van der Waals surface area contributed by atoms with Crippen molar-refractivity contribution in [1.29, 1.82) is 0 Å². The second kappa shape index (κ2) is 6.56. The highest BCUT2D eigenvalue weighted by Crippen LogP contribution is 2.25. The van der Waals surface area contributed by atoms with Crippen LogP contribution in [-0.4, -0.2) is 16.7 Å². The average molecular weight is 347 g/mol. The number of hydrogen-bond donors (Lipinski definition) is 1. The fraction of sp³-hybridized carbons (Fsp3) is 0.176. The van der Waals surface area contributed by atoms with E-state index in [1.807, 2.05) is 29.6 Å². The normalized spacial score (nSPS) is 12.7. The molecule has 0 fully saturated rings. The molecule has 0 spiro atoms. The number of nitrogens with one attached hydrogen (secondary N) is 1. The molecular formula is C17H15ClN2O2S. The van der Waals surface area contributed by atoms with Crippen molar-refractivity contribution in [2.45, 2.75) is 19.6 Å². The van der Waals surface area contributed by atoms with E-state index >= 15 is 0 Å². The maximum absolute atomic E-state index is 12.1. The van der Waals surface area contributed by atoms with Gasteiger partial charge >= 0.3 is 0 Å². The smallest absolute Gasteiger partial charge is 0.251 e. The number of benzene rings is 1. The Bertz CT molecular complexity index is 785. The van der Waals surface area contributed by atoms with Crippen LogP contribution in [0.25, 0.3) is 0 Å². The maximum Gasteiger partial charge on any atom is 0.251 e. The van der Waals surface area contributed by atoms with Gasteiger partial charge in [0.1, 0.15) is 0 Å². The standard InChI is InChI=1S/C17H15ClN2O2S/c1-2-15(21)20(10-13-5-6-23-16(13)18)9-11-3-4-12-8-19-17(22)14(12)7-11/h2-7H,1,8-10H2,(H,19,22). The summed E-state index contributed by atoms with van der Waals surface area (Å²) in [4.78, 5) is 25.6. The molecule has 4 nitrogen and oxygen atoms in total. The molecule has 1 aromatic carbocycles. The second-order valence-corrected chi connectivity index (χ2v) is 6.81. The van der Waals surface area contributed by atoms with E-state index in [-0.39, 0.29) is 11.8 Å². The van der Waals surface area contributed by atoms with Gasteiger partial charge < -0.3 is 10.2 Å². The highest BCUT2D eigenvalue weighted by molar-refractivity contribution is 7.14. The van der Waals surface area contributed by atoms with E-state index in [1.54, 1.807) is 4.90 Å². The molecule has 1 aromatic heterocycles. The van der Waals surface area contributed by atoms with Crippen molar-refractivity contribution >= 4 is 34.8 Å². The van der Waals surface area contributed by atoms with E-state index in [0.29, 0.717) is 29.5 Å². The van der Waals surface area contributed by atoms with Crippen molar-refractivity contribution in [2.24, 2.45) is 0 Å². The molecule has 0 aliphatic carbocycles. The van der Waals surface area contributed by atoms with Gasteiger partial charge in [0, 0.05) is 30.8 Å². The molecule has 0 bridgehead atoms. The average Bonchev–Trinajstić information content (AvgIpc) is 3.12. The Morgan fingerprint density at radius 3 is 2.91 bits per heavy atom. The van der Waals surface area contributed by atoms with Gasteiger partial charge in [0.2, 0.25) is 5.91 Å². The van der Waals surface area contributed by atoms with Gasteiger partial charge in [-0.25, -0.2) is 0 Å². The summed E-state index contributed by atoms with van der Waals surface area (Å²) in [5.74, 6) is -0.235. The third-order valence-corrected chi connectivity index (χ3v) is 5.02. The zero-order valence-electron chi connectivity index (χ0n) is 12.3. The third-order valence-electron chi connectivity index (χ3n) is 3.77. The number of nitrogens with zero attached hydrogens (tertiary/aromatic N) is 1. The minimum absolute atomic E-state index is 0.0654. The van der Waals surface area contributed by atoms with Gasteiger partial charge in [0.25, 0.3) is 5.91 Å². The van der Waals surface area contributed by atoms with Gasteiger partial charge in [-0.3, -0.25) is 9.59 Å². The zero-order chi connectivity index (χ0) is 16.4. The summed E-state index contributed by atoms with van der Waals surface area (Å²) in [6, 6.07) is 7.62. The third kappa shape index (κ3) is 3.30. The topological polar surface area (TPSA) is 49.4 Å². The number of thiophene rings is 1. The molecule has 23 heavy (non-hydrogen) atoms. The first-order valence-corrected chi connectivity index (χ1v) is 8.37. The molecule has 2 heterocycles. The van der Waals surface area contributed by atoms with E-state index in [4.69, 9.17) is 11.6 Å². The fourth-order valence-electron chi connectivity index (χ4n) is 2.56.